The van der Waals surface area contributed by atoms with E-state index in [9.17, 15) is 0 Å². The van der Waals surface area contributed by atoms with Gasteiger partial charge in [-0.05, 0) is 29.7 Å². The first-order chi connectivity index (χ1) is 5.27. The lowest BCUT2D eigenvalue weighted by molar-refractivity contribution is 0.764. The average Bonchev–Trinajstić information content (AvgIpc) is 2.36. The van der Waals surface area contributed by atoms with E-state index in [-0.39, 0.29) is 0 Å². The van der Waals surface area contributed by atoms with Crippen molar-refractivity contribution >= 4 is 15.9 Å². The van der Waals surface area contributed by atoms with Gasteiger partial charge in [-0.15, -0.1) is 0 Å². The van der Waals surface area contributed by atoms with Gasteiger partial charge in [-0.1, -0.05) is 22.0 Å². The molecule has 0 atom stereocenters. The Morgan fingerprint density at radius 3 is 2.64 bits per heavy atom. The highest BCUT2D eigenvalue weighted by molar-refractivity contribution is 9.10. The van der Waals surface area contributed by atoms with Crippen molar-refractivity contribution in [1.82, 2.24) is 5.32 Å². The third-order valence-corrected chi connectivity index (χ3v) is 2.97. The second kappa shape index (κ2) is 2.61. The van der Waals surface area contributed by atoms with Gasteiger partial charge in [0.2, 0.25) is 0 Å². The molecular formula is C9H10BrN. The van der Waals surface area contributed by atoms with Gasteiger partial charge >= 0.3 is 0 Å². The van der Waals surface area contributed by atoms with Crippen molar-refractivity contribution in [3.8, 4) is 0 Å². The average molecular weight is 212 g/mol. The van der Waals surface area contributed by atoms with Crippen LogP contribution in [0.3, 0.4) is 0 Å². The van der Waals surface area contributed by atoms with Crippen LogP contribution in [0, 0.1) is 6.92 Å². The molecule has 2 rings (SSSR count). The van der Waals surface area contributed by atoms with Crippen molar-refractivity contribution < 1.29 is 0 Å². The summed E-state index contributed by atoms with van der Waals surface area (Å²) in [5.74, 6) is 0. The van der Waals surface area contributed by atoms with Crippen molar-refractivity contribution in [2.45, 2.75) is 20.0 Å². The molecule has 1 aliphatic rings. The number of hydrogen-bond donors (Lipinski definition) is 1. The van der Waals surface area contributed by atoms with E-state index in [1.54, 1.807) is 0 Å². The monoisotopic (exact) mass is 211 g/mol. The maximum atomic E-state index is 3.52. The second-order valence-electron chi connectivity index (χ2n) is 2.97. The Balaban J connectivity index is 2.57. The van der Waals surface area contributed by atoms with Gasteiger partial charge in [0.15, 0.2) is 0 Å². The number of hydrogen-bond acceptors (Lipinski definition) is 1. The third-order valence-electron chi connectivity index (χ3n) is 2.11. The summed E-state index contributed by atoms with van der Waals surface area (Å²) in [4.78, 5) is 0. The van der Waals surface area contributed by atoms with Crippen LogP contribution in [-0.2, 0) is 13.1 Å². The predicted octanol–water partition coefficient (Wildman–Crippen LogP) is 2.36. The van der Waals surface area contributed by atoms with E-state index < -0.39 is 0 Å². The number of aryl methyl sites for hydroxylation is 1. The molecular weight excluding hydrogens is 202 g/mol. The first-order valence-corrected chi connectivity index (χ1v) is 4.55. The van der Waals surface area contributed by atoms with Crippen LogP contribution in [-0.4, -0.2) is 0 Å². The standard InChI is InChI=1S/C9H10BrN/c1-6-2-7-4-11-5-8(7)3-9(6)10/h2-3,11H,4-5H2,1H3. The SMILES string of the molecule is Cc1cc2c(cc1Br)CNC2. The van der Waals surface area contributed by atoms with Gasteiger partial charge in [0.05, 0.1) is 0 Å². The summed E-state index contributed by atoms with van der Waals surface area (Å²) in [6, 6.07) is 4.46. The Kier molecular flexibility index (Phi) is 1.74. The van der Waals surface area contributed by atoms with E-state index in [4.69, 9.17) is 0 Å². The highest BCUT2D eigenvalue weighted by Crippen LogP contribution is 2.24. The second-order valence-corrected chi connectivity index (χ2v) is 3.83. The number of rotatable bonds is 0. The summed E-state index contributed by atoms with van der Waals surface area (Å²) in [6.07, 6.45) is 0. The van der Waals surface area contributed by atoms with Gasteiger partial charge < -0.3 is 5.32 Å². The zero-order valence-electron chi connectivity index (χ0n) is 6.45. The number of nitrogens with one attached hydrogen (secondary N) is 1. The van der Waals surface area contributed by atoms with Crippen LogP contribution < -0.4 is 5.32 Å². The molecule has 1 aliphatic heterocycles. The van der Waals surface area contributed by atoms with E-state index >= 15 is 0 Å². The topological polar surface area (TPSA) is 12.0 Å². The van der Waals surface area contributed by atoms with Crippen molar-refractivity contribution in [1.29, 1.82) is 0 Å². The molecule has 2 heteroatoms. The van der Waals surface area contributed by atoms with Crippen molar-refractivity contribution in [2.75, 3.05) is 0 Å². The molecule has 58 valence electrons. The van der Waals surface area contributed by atoms with Gasteiger partial charge in [0, 0.05) is 17.6 Å². The molecule has 1 aromatic carbocycles. The molecule has 1 aromatic rings. The van der Waals surface area contributed by atoms with Gasteiger partial charge in [-0.25, -0.2) is 0 Å². The Morgan fingerprint density at radius 1 is 1.27 bits per heavy atom. The van der Waals surface area contributed by atoms with Crippen LogP contribution in [0.4, 0.5) is 0 Å². The molecule has 1 N–H and O–H groups in total. The Morgan fingerprint density at radius 2 is 1.91 bits per heavy atom. The number of halogens is 1. The Hall–Kier alpha value is -0.340. The fourth-order valence-electron chi connectivity index (χ4n) is 1.44. The molecule has 0 fully saturated rings. The molecule has 0 aromatic heterocycles. The smallest absolute Gasteiger partial charge is 0.0212 e. The fraction of sp³-hybridized carbons (Fsp3) is 0.333. The van der Waals surface area contributed by atoms with Gasteiger partial charge in [0.1, 0.15) is 0 Å². The van der Waals surface area contributed by atoms with Gasteiger partial charge in [-0.3, -0.25) is 0 Å². The zero-order chi connectivity index (χ0) is 7.84. The van der Waals surface area contributed by atoms with Crippen molar-refractivity contribution in [3.05, 3.63) is 33.3 Å². The van der Waals surface area contributed by atoms with E-state index in [1.165, 1.54) is 21.2 Å². The molecule has 0 bridgehead atoms. The summed E-state index contributed by atoms with van der Waals surface area (Å²) >= 11 is 3.52. The summed E-state index contributed by atoms with van der Waals surface area (Å²) in [5.41, 5.74) is 4.21. The highest BCUT2D eigenvalue weighted by atomic mass is 79.9. The lowest BCUT2D eigenvalue weighted by Crippen LogP contribution is -1.99. The van der Waals surface area contributed by atoms with E-state index in [1.807, 2.05) is 0 Å². The quantitative estimate of drug-likeness (QED) is 0.696. The molecule has 0 saturated heterocycles. The lowest BCUT2D eigenvalue weighted by atomic mass is 10.1. The maximum absolute atomic E-state index is 3.52. The summed E-state index contributed by atoms with van der Waals surface area (Å²) in [7, 11) is 0. The molecule has 0 unspecified atom stereocenters. The fourth-order valence-corrected chi connectivity index (χ4v) is 1.83. The minimum absolute atomic E-state index is 1.02. The zero-order valence-corrected chi connectivity index (χ0v) is 8.03. The molecule has 1 heterocycles. The Bertz CT molecular complexity index is 265. The van der Waals surface area contributed by atoms with Crippen LogP contribution in [0.1, 0.15) is 16.7 Å². The molecule has 0 saturated carbocycles. The van der Waals surface area contributed by atoms with Crippen molar-refractivity contribution in [3.63, 3.8) is 0 Å². The number of benzene rings is 1. The first-order valence-electron chi connectivity index (χ1n) is 3.76. The normalized spacial score (nSPS) is 15.1. The van der Waals surface area contributed by atoms with Crippen LogP contribution in [0.5, 0.6) is 0 Å². The lowest BCUT2D eigenvalue weighted by Gasteiger charge is -2.01. The van der Waals surface area contributed by atoms with Gasteiger partial charge in [-0.2, -0.15) is 0 Å². The minimum atomic E-state index is 1.02. The van der Waals surface area contributed by atoms with Crippen LogP contribution in [0.2, 0.25) is 0 Å². The van der Waals surface area contributed by atoms with E-state index in [0.717, 1.165) is 13.1 Å². The maximum Gasteiger partial charge on any atom is 0.0212 e. The summed E-state index contributed by atoms with van der Waals surface area (Å²) in [5, 5.41) is 3.32. The number of fused-ring (bicyclic) bond motifs is 1. The summed E-state index contributed by atoms with van der Waals surface area (Å²) in [6.45, 7) is 4.18. The molecule has 0 spiro atoms. The first kappa shape index (κ1) is 7.32. The largest absolute Gasteiger partial charge is 0.309 e. The highest BCUT2D eigenvalue weighted by Gasteiger charge is 2.10. The molecule has 0 radical (unpaired) electrons. The van der Waals surface area contributed by atoms with Crippen LogP contribution in [0.25, 0.3) is 0 Å². The molecule has 0 amide bonds. The minimum Gasteiger partial charge on any atom is -0.309 e. The predicted molar refractivity (Wildman–Crippen MR) is 49.4 cm³/mol. The summed E-state index contributed by atoms with van der Waals surface area (Å²) < 4.78 is 1.22. The van der Waals surface area contributed by atoms with Crippen molar-refractivity contribution in [2.24, 2.45) is 0 Å². The molecule has 11 heavy (non-hydrogen) atoms. The third kappa shape index (κ3) is 1.21. The van der Waals surface area contributed by atoms with Gasteiger partial charge in [0.25, 0.3) is 0 Å². The molecule has 1 nitrogen and oxygen atoms in total. The van der Waals surface area contributed by atoms with E-state index in [2.05, 4.69) is 40.3 Å². The van der Waals surface area contributed by atoms with Crippen LogP contribution in [0.15, 0.2) is 16.6 Å². The molecule has 0 aliphatic carbocycles. The Labute approximate surface area is 74.9 Å². The van der Waals surface area contributed by atoms with Crippen LogP contribution >= 0.6 is 15.9 Å². The van der Waals surface area contributed by atoms with E-state index in [0.29, 0.717) is 0 Å².